The van der Waals surface area contributed by atoms with E-state index in [0.29, 0.717) is 12.2 Å². The molecule has 0 fully saturated rings. The molecule has 0 radical (unpaired) electrons. The van der Waals surface area contributed by atoms with E-state index in [1.807, 2.05) is 48.9 Å². The van der Waals surface area contributed by atoms with Crippen LogP contribution in [0.1, 0.15) is 26.0 Å². The fraction of sp³-hybridized carbons (Fsp3) is 0.333. The van der Waals surface area contributed by atoms with Gasteiger partial charge in [-0.2, -0.15) is 0 Å². The Balaban J connectivity index is 2.66. The highest BCUT2D eigenvalue weighted by Gasteiger charge is 2.18. The van der Waals surface area contributed by atoms with Gasteiger partial charge in [0.05, 0.1) is 11.4 Å². The maximum Gasteiger partial charge on any atom is 0.291 e. The van der Waals surface area contributed by atoms with E-state index in [1.165, 1.54) is 6.92 Å². The van der Waals surface area contributed by atoms with Crippen LogP contribution in [-0.4, -0.2) is 15.3 Å². The van der Waals surface area contributed by atoms with Gasteiger partial charge in [0.1, 0.15) is 5.69 Å². The number of nitrogens with zero attached hydrogens (tertiary/aromatic N) is 2. The monoisotopic (exact) mass is 273 g/mol. The van der Waals surface area contributed by atoms with Crippen LogP contribution >= 0.6 is 0 Å². The number of hydrogen-bond donors (Lipinski definition) is 1. The Bertz CT molecular complexity index is 668. The van der Waals surface area contributed by atoms with Gasteiger partial charge in [0.15, 0.2) is 0 Å². The number of anilines is 1. The summed E-state index contributed by atoms with van der Waals surface area (Å²) in [6.07, 6.45) is 0.843. The van der Waals surface area contributed by atoms with Crippen molar-refractivity contribution in [2.75, 3.05) is 5.32 Å². The Morgan fingerprint density at radius 2 is 1.90 bits per heavy atom. The van der Waals surface area contributed by atoms with E-state index in [2.05, 4.69) is 5.32 Å². The number of para-hydroxylation sites is 1. The third kappa shape index (κ3) is 2.52. The number of aromatic nitrogens is 2. The van der Waals surface area contributed by atoms with E-state index in [4.69, 9.17) is 0 Å². The van der Waals surface area contributed by atoms with Crippen LogP contribution in [-0.2, 0) is 11.3 Å². The van der Waals surface area contributed by atoms with Gasteiger partial charge < -0.3 is 5.32 Å². The molecule has 1 amide bonds. The van der Waals surface area contributed by atoms with E-state index in [-0.39, 0.29) is 11.5 Å². The van der Waals surface area contributed by atoms with Crippen LogP contribution in [0.3, 0.4) is 0 Å². The minimum atomic E-state index is -0.237. The van der Waals surface area contributed by atoms with Gasteiger partial charge in [-0.3, -0.25) is 14.3 Å². The lowest BCUT2D eigenvalue weighted by atomic mass is 10.3. The SMILES string of the molecule is CCCn1c(=O)c(NC(C)=O)c(C)n1-c1ccccc1. The predicted molar refractivity (Wildman–Crippen MR) is 79.4 cm³/mol. The number of amides is 1. The lowest BCUT2D eigenvalue weighted by Gasteiger charge is -2.12. The molecule has 20 heavy (non-hydrogen) atoms. The first-order valence-electron chi connectivity index (χ1n) is 6.71. The maximum absolute atomic E-state index is 12.4. The van der Waals surface area contributed by atoms with E-state index in [9.17, 15) is 9.59 Å². The van der Waals surface area contributed by atoms with Crippen molar-refractivity contribution in [2.45, 2.75) is 33.7 Å². The smallest absolute Gasteiger partial charge is 0.291 e. The highest BCUT2D eigenvalue weighted by Crippen LogP contribution is 2.17. The Morgan fingerprint density at radius 1 is 1.25 bits per heavy atom. The topological polar surface area (TPSA) is 56.0 Å². The van der Waals surface area contributed by atoms with Crippen molar-refractivity contribution in [1.82, 2.24) is 9.36 Å². The van der Waals surface area contributed by atoms with Gasteiger partial charge in [-0.05, 0) is 25.5 Å². The number of carbonyl (C=O) groups is 1. The van der Waals surface area contributed by atoms with Crippen LogP contribution < -0.4 is 10.9 Å². The molecule has 5 nitrogen and oxygen atoms in total. The zero-order valence-corrected chi connectivity index (χ0v) is 12.0. The van der Waals surface area contributed by atoms with Crippen LogP contribution in [0.5, 0.6) is 0 Å². The van der Waals surface area contributed by atoms with E-state index in [0.717, 1.165) is 17.8 Å². The lowest BCUT2D eigenvalue weighted by Crippen LogP contribution is -2.24. The van der Waals surface area contributed by atoms with Crippen molar-refractivity contribution in [3.05, 3.63) is 46.4 Å². The minimum absolute atomic E-state index is 0.164. The summed E-state index contributed by atoms with van der Waals surface area (Å²) in [5.74, 6) is -0.237. The van der Waals surface area contributed by atoms with Crippen molar-refractivity contribution in [2.24, 2.45) is 0 Å². The normalized spacial score (nSPS) is 10.6. The fourth-order valence-corrected chi connectivity index (χ4v) is 2.30. The highest BCUT2D eigenvalue weighted by atomic mass is 16.2. The largest absolute Gasteiger partial charge is 0.320 e. The van der Waals surface area contributed by atoms with E-state index in [1.54, 1.807) is 4.68 Å². The summed E-state index contributed by atoms with van der Waals surface area (Å²) in [5.41, 5.74) is 1.84. The molecule has 1 N–H and O–H groups in total. The van der Waals surface area contributed by atoms with Crippen molar-refractivity contribution in [3.8, 4) is 5.69 Å². The predicted octanol–water partition coefficient (Wildman–Crippen LogP) is 2.32. The van der Waals surface area contributed by atoms with Gasteiger partial charge in [0.2, 0.25) is 5.91 Å². The van der Waals surface area contributed by atoms with Gasteiger partial charge in [0.25, 0.3) is 5.56 Å². The maximum atomic E-state index is 12.4. The van der Waals surface area contributed by atoms with Crippen molar-refractivity contribution in [1.29, 1.82) is 0 Å². The van der Waals surface area contributed by atoms with Gasteiger partial charge in [-0.25, -0.2) is 4.68 Å². The summed E-state index contributed by atoms with van der Waals surface area (Å²) in [7, 11) is 0. The molecule has 0 aliphatic carbocycles. The zero-order chi connectivity index (χ0) is 14.7. The number of rotatable bonds is 4. The Morgan fingerprint density at radius 3 is 2.45 bits per heavy atom. The molecule has 2 aromatic rings. The molecule has 0 saturated heterocycles. The van der Waals surface area contributed by atoms with Crippen molar-refractivity contribution >= 4 is 11.6 Å². The van der Waals surface area contributed by atoms with Gasteiger partial charge in [-0.15, -0.1) is 0 Å². The molecule has 0 spiro atoms. The number of hydrogen-bond acceptors (Lipinski definition) is 2. The standard InChI is InChI=1S/C15H19N3O2/c1-4-10-17-15(20)14(16-12(3)19)11(2)18(17)13-8-6-5-7-9-13/h5-9H,4,10H2,1-3H3,(H,16,19). The van der Waals surface area contributed by atoms with Crippen molar-refractivity contribution < 1.29 is 4.79 Å². The summed E-state index contributed by atoms with van der Waals surface area (Å²) in [6.45, 7) is 5.87. The first-order chi connectivity index (χ1) is 9.56. The molecule has 5 heteroatoms. The third-order valence-corrected chi connectivity index (χ3v) is 3.11. The molecule has 0 bridgehead atoms. The average molecular weight is 273 g/mol. The van der Waals surface area contributed by atoms with Crippen molar-refractivity contribution in [3.63, 3.8) is 0 Å². The summed E-state index contributed by atoms with van der Waals surface area (Å²) in [6, 6.07) is 9.66. The molecule has 0 aliphatic heterocycles. The molecular formula is C15H19N3O2. The van der Waals surface area contributed by atoms with E-state index < -0.39 is 0 Å². The second kappa shape index (κ2) is 5.77. The van der Waals surface area contributed by atoms with Gasteiger partial charge in [0, 0.05) is 13.5 Å². The number of carbonyl (C=O) groups excluding carboxylic acids is 1. The first kappa shape index (κ1) is 14.1. The Labute approximate surface area is 117 Å². The molecule has 106 valence electrons. The Kier molecular flexibility index (Phi) is 4.08. The quantitative estimate of drug-likeness (QED) is 0.929. The molecule has 0 unspecified atom stereocenters. The second-order valence-electron chi connectivity index (χ2n) is 4.72. The van der Waals surface area contributed by atoms with Gasteiger partial charge in [-0.1, -0.05) is 25.1 Å². The molecule has 2 rings (SSSR count). The zero-order valence-electron chi connectivity index (χ0n) is 12.0. The minimum Gasteiger partial charge on any atom is -0.320 e. The van der Waals surface area contributed by atoms with Crippen LogP contribution in [0.4, 0.5) is 5.69 Å². The number of nitrogens with one attached hydrogen (secondary N) is 1. The molecular weight excluding hydrogens is 254 g/mol. The molecule has 1 aromatic carbocycles. The summed E-state index contributed by atoms with van der Waals surface area (Å²) < 4.78 is 3.52. The lowest BCUT2D eigenvalue weighted by molar-refractivity contribution is -0.114. The first-order valence-corrected chi connectivity index (χ1v) is 6.71. The van der Waals surface area contributed by atoms with E-state index >= 15 is 0 Å². The fourth-order valence-electron chi connectivity index (χ4n) is 2.30. The molecule has 0 aliphatic rings. The highest BCUT2D eigenvalue weighted by molar-refractivity contribution is 5.89. The number of benzene rings is 1. The summed E-state index contributed by atoms with van der Waals surface area (Å²) in [4.78, 5) is 23.7. The van der Waals surface area contributed by atoms with Crippen LogP contribution in [0.25, 0.3) is 5.69 Å². The second-order valence-corrected chi connectivity index (χ2v) is 4.72. The average Bonchev–Trinajstić information content (AvgIpc) is 2.65. The summed E-state index contributed by atoms with van der Waals surface area (Å²) >= 11 is 0. The Hall–Kier alpha value is -2.30. The van der Waals surface area contributed by atoms with Crippen LogP contribution in [0.15, 0.2) is 35.1 Å². The molecule has 1 aromatic heterocycles. The van der Waals surface area contributed by atoms with Gasteiger partial charge >= 0.3 is 0 Å². The van der Waals surface area contributed by atoms with Crippen LogP contribution in [0.2, 0.25) is 0 Å². The molecule has 1 heterocycles. The molecule has 0 atom stereocenters. The van der Waals surface area contributed by atoms with Crippen LogP contribution in [0, 0.1) is 6.92 Å². The third-order valence-electron chi connectivity index (χ3n) is 3.11. The summed E-state index contributed by atoms with van der Waals surface area (Å²) in [5, 5.41) is 2.64. The molecule has 0 saturated carbocycles.